The number of carbonyl (C=O) groups excluding carboxylic acids is 1. The number of amides is 1. The minimum atomic E-state index is 0.0112. The third-order valence-electron chi connectivity index (χ3n) is 5.51. The fraction of sp³-hybridized carbons (Fsp3) is 0.391. The molecule has 152 valence electrons. The number of morpholine rings is 1. The van der Waals surface area contributed by atoms with Gasteiger partial charge in [0.2, 0.25) is 0 Å². The van der Waals surface area contributed by atoms with Crippen LogP contribution in [0.5, 0.6) is 0 Å². The molecule has 2 heterocycles. The molecule has 1 fully saturated rings. The van der Waals surface area contributed by atoms with Crippen LogP contribution in [0, 0.1) is 20.8 Å². The van der Waals surface area contributed by atoms with Crippen molar-refractivity contribution >= 4 is 32.6 Å². The van der Waals surface area contributed by atoms with E-state index in [1.807, 2.05) is 36.1 Å². The molecule has 1 aliphatic heterocycles. The lowest BCUT2D eigenvalue weighted by molar-refractivity contribution is 0.0391. The summed E-state index contributed by atoms with van der Waals surface area (Å²) < 4.78 is 6.57. The van der Waals surface area contributed by atoms with Gasteiger partial charge in [-0.15, -0.1) is 0 Å². The van der Waals surface area contributed by atoms with Crippen molar-refractivity contribution in [2.75, 3.05) is 44.3 Å². The van der Waals surface area contributed by atoms with E-state index in [2.05, 4.69) is 30.9 Å². The molecular formula is C23H27N3O2S. The molecule has 4 rings (SSSR count). The number of fused-ring (bicyclic) bond motifs is 1. The molecule has 1 saturated heterocycles. The van der Waals surface area contributed by atoms with Crippen LogP contribution in [-0.4, -0.2) is 55.2 Å². The Morgan fingerprint density at radius 2 is 1.90 bits per heavy atom. The van der Waals surface area contributed by atoms with Crippen LogP contribution in [0.4, 0.5) is 5.13 Å². The van der Waals surface area contributed by atoms with Gasteiger partial charge in [-0.1, -0.05) is 23.5 Å². The standard InChI is InChI=1S/C23H27N3O2S/c1-16-4-7-20-21(14-16)29-23(24-20)26(9-8-25-10-12-28-13-11-25)22(27)19-6-5-17(2)18(3)15-19/h4-7,14-15H,8-13H2,1-3H3. The number of hydrogen-bond donors (Lipinski definition) is 0. The average molecular weight is 410 g/mol. The van der Waals surface area contributed by atoms with Crippen LogP contribution in [0.3, 0.4) is 0 Å². The van der Waals surface area contributed by atoms with E-state index in [0.29, 0.717) is 12.1 Å². The van der Waals surface area contributed by atoms with E-state index in [4.69, 9.17) is 9.72 Å². The summed E-state index contributed by atoms with van der Waals surface area (Å²) in [6.07, 6.45) is 0. The number of nitrogens with zero attached hydrogens (tertiary/aromatic N) is 3. The molecule has 6 heteroatoms. The van der Waals surface area contributed by atoms with E-state index in [-0.39, 0.29) is 5.91 Å². The Labute approximate surface area is 175 Å². The summed E-state index contributed by atoms with van der Waals surface area (Å²) in [6, 6.07) is 12.2. The van der Waals surface area contributed by atoms with Crippen molar-refractivity contribution in [1.82, 2.24) is 9.88 Å². The maximum Gasteiger partial charge on any atom is 0.260 e. The first-order valence-electron chi connectivity index (χ1n) is 10.1. The second kappa shape index (κ2) is 8.61. The summed E-state index contributed by atoms with van der Waals surface area (Å²) in [4.78, 5) is 22.5. The highest BCUT2D eigenvalue weighted by Crippen LogP contribution is 2.30. The van der Waals surface area contributed by atoms with Crippen molar-refractivity contribution in [2.24, 2.45) is 0 Å². The van der Waals surface area contributed by atoms with Gasteiger partial charge in [-0.05, 0) is 61.7 Å². The Hall–Kier alpha value is -2.28. The number of benzene rings is 2. The number of hydrogen-bond acceptors (Lipinski definition) is 5. The second-order valence-electron chi connectivity index (χ2n) is 7.68. The monoisotopic (exact) mass is 409 g/mol. The maximum atomic E-state index is 13.5. The molecule has 0 bridgehead atoms. The first-order valence-corrected chi connectivity index (χ1v) is 10.9. The molecule has 1 aromatic heterocycles. The van der Waals surface area contributed by atoms with E-state index >= 15 is 0 Å². The molecule has 0 atom stereocenters. The molecule has 1 amide bonds. The summed E-state index contributed by atoms with van der Waals surface area (Å²) >= 11 is 1.59. The molecule has 29 heavy (non-hydrogen) atoms. The number of anilines is 1. The van der Waals surface area contributed by atoms with Crippen LogP contribution in [0.25, 0.3) is 10.2 Å². The number of carbonyl (C=O) groups is 1. The summed E-state index contributed by atoms with van der Waals surface area (Å²) in [6.45, 7) is 10.9. The minimum Gasteiger partial charge on any atom is -0.379 e. The number of rotatable bonds is 5. The molecular weight excluding hydrogens is 382 g/mol. The second-order valence-corrected chi connectivity index (χ2v) is 8.69. The van der Waals surface area contributed by atoms with E-state index in [1.54, 1.807) is 11.3 Å². The first kappa shape index (κ1) is 20.0. The van der Waals surface area contributed by atoms with E-state index in [1.165, 1.54) is 11.1 Å². The van der Waals surface area contributed by atoms with Gasteiger partial charge in [-0.3, -0.25) is 14.6 Å². The zero-order valence-electron chi connectivity index (χ0n) is 17.3. The topological polar surface area (TPSA) is 45.7 Å². The molecule has 0 spiro atoms. The predicted octanol–water partition coefficient (Wildman–Crippen LogP) is 4.20. The minimum absolute atomic E-state index is 0.0112. The zero-order chi connectivity index (χ0) is 20.4. The quantitative estimate of drug-likeness (QED) is 0.634. The van der Waals surface area contributed by atoms with Gasteiger partial charge in [0.05, 0.1) is 23.4 Å². The van der Waals surface area contributed by atoms with Gasteiger partial charge in [-0.25, -0.2) is 4.98 Å². The fourth-order valence-corrected chi connectivity index (χ4v) is 4.60. The van der Waals surface area contributed by atoms with E-state index < -0.39 is 0 Å². The van der Waals surface area contributed by atoms with Gasteiger partial charge in [-0.2, -0.15) is 0 Å². The van der Waals surface area contributed by atoms with Gasteiger partial charge in [0.15, 0.2) is 5.13 Å². The maximum absolute atomic E-state index is 13.5. The lowest BCUT2D eigenvalue weighted by Crippen LogP contribution is -2.43. The molecule has 0 saturated carbocycles. The van der Waals surface area contributed by atoms with Crippen LogP contribution in [0.1, 0.15) is 27.0 Å². The van der Waals surface area contributed by atoms with Crippen LogP contribution >= 0.6 is 11.3 Å². The largest absolute Gasteiger partial charge is 0.379 e. The Morgan fingerprint density at radius 3 is 2.66 bits per heavy atom. The van der Waals surface area contributed by atoms with Gasteiger partial charge < -0.3 is 4.74 Å². The number of ether oxygens (including phenoxy) is 1. The molecule has 1 aliphatic rings. The summed E-state index contributed by atoms with van der Waals surface area (Å²) in [5.74, 6) is 0.0112. The highest BCUT2D eigenvalue weighted by Gasteiger charge is 2.23. The normalized spacial score (nSPS) is 15.0. The first-order chi connectivity index (χ1) is 14.0. The van der Waals surface area contributed by atoms with Crippen LogP contribution in [0.15, 0.2) is 36.4 Å². The Kier molecular flexibility index (Phi) is 5.94. The van der Waals surface area contributed by atoms with Crippen molar-refractivity contribution in [1.29, 1.82) is 0 Å². The average Bonchev–Trinajstić information content (AvgIpc) is 3.13. The molecule has 0 unspecified atom stereocenters. The van der Waals surface area contributed by atoms with Crippen molar-refractivity contribution in [3.63, 3.8) is 0 Å². The molecule has 3 aromatic rings. The van der Waals surface area contributed by atoms with Gasteiger partial charge in [0.25, 0.3) is 5.91 Å². The fourth-order valence-electron chi connectivity index (χ4n) is 3.52. The Balaban J connectivity index is 1.64. The number of thiazole rings is 1. The van der Waals surface area contributed by atoms with Crippen molar-refractivity contribution < 1.29 is 9.53 Å². The van der Waals surface area contributed by atoms with Gasteiger partial charge in [0, 0.05) is 31.7 Å². The third kappa shape index (κ3) is 4.50. The van der Waals surface area contributed by atoms with Crippen molar-refractivity contribution in [2.45, 2.75) is 20.8 Å². The lowest BCUT2D eigenvalue weighted by atomic mass is 10.1. The zero-order valence-corrected chi connectivity index (χ0v) is 18.1. The Bertz CT molecular complexity index is 1020. The van der Waals surface area contributed by atoms with Crippen LogP contribution in [0.2, 0.25) is 0 Å². The molecule has 0 N–H and O–H groups in total. The lowest BCUT2D eigenvalue weighted by Gasteiger charge is -2.29. The summed E-state index contributed by atoms with van der Waals surface area (Å²) in [5, 5.41) is 0.766. The van der Waals surface area contributed by atoms with Crippen molar-refractivity contribution in [3.8, 4) is 0 Å². The van der Waals surface area contributed by atoms with Crippen LogP contribution < -0.4 is 4.90 Å². The highest BCUT2D eigenvalue weighted by atomic mass is 32.1. The number of aryl methyl sites for hydroxylation is 3. The molecule has 0 aliphatic carbocycles. The SMILES string of the molecule is Cc1ccc2nc(N(CCN3CCOCC3)C(=O)c3ccc(C)c(C)c3)sc2c1. The number of aromatic nitrogens is 1. The molecule has 0 radical (unpaired) electrons. The third-order valence-corrected chi connectivity index (χ3v) is 6.55. The van der Waals surface area contributed by atoms with Crippen molar-refractivity contribution in [3.05, 3.63) is 58.7 Å². The highest BCUT2D eigenvalue weighted by molar-refractivity contribution is 7.22. The summed E-state index contributed by atoms with van der Waals surface area (Å²) in [7, 11) is 0. The van der Waals surface area contributed by atoms with E-state index in [9.17, 15) is 4.79 Å². The van der Waals surface area contributed by atoms with E-state index in [0.717, 1.165) is 53.8 Å². The van der Waals surface area contributed by atoms with Crippen LogP contribution in [-0.2, 0) is 4.74 Å². The molecule has 5 nitrogen and oxygen atoms in total. The summed E-state index contributed by atoms with van der Waals surface area (Å²) in [5.41, 5.74) is 5.18. The smallest absolute Gasteiger partial charge is 0.260 e. The van der Waals surface area contributed by atoms with Gasteiger partial charge in [0.1, 0.15) is 0 Å². The Morgan fingerprint density at radius 1 is 1.10 bits per heavy atom. The molecule has 2 aromatic carbocycles. The van der Waals surface area contributed by atoms with Gasteiger partial charge >= 0.3 is 0 Å². The predicted molar refractivity (Wildman–Crippen MR) is 119 cm³/mol.